The van der Waals surface area contributed by atoms with E-state index in [0.717, 1.165) is 39.3 Å². The third-order valence-electron chi connectivity index (χ3n) is 5.10. The van der Waals surface area contributed by atoms with Gasteiger partial charge in [-0.1, -0.05) is 30.3 Å². The molecule has 1 heterocycles. The summed E-state index contributed by atoms with van der Waals surface area (Å²) in [6.07, 6.45) is 0.577. The van der Waals surface area contributed by atoms with Gasteiger partial charge in [0.15, 0.2) is 0 Å². The molecule has 0 bridgehead atoms. The number of piperazine rings is 1. The summed E-state index contributed by atoms with van der Waals surface area (Å²) in [5.41, 5.74) is 3.70. The van der Waals surface area contributed by atoms with Crippen LogP contribution in [0.25, 0.3) is 0 Å². The number of hydrogen-bond acceptors (Lipinski definition) is 3. The van der Waals surface area contributed by atoms with Gasteiger partial charge in [-0.25, -0.2) is 0 Å². The molecule has 0 spiro atoms. The third-order valence-corrected chi connectivity index (χ3v) is 5.10. The zero-order valence-corrected chi connectivity index (χ0v) is 15.9. The molecule has 0 radical (unpaired) electrons. The maximum atomic E-state index is 12.6. The van der Waals surface area contributed by atoms with Crippen molar-refractivity contribution >= 4 is 17.3 Å². The van der Waals surface area contributed by atoms with E-state index in [1.165, 1.54) is 16.9 Å². The molecule has 0 atom stereocenters. The molecule has 1 saturated heterocycles. The Balaban J connectivity index is 1.49. The van der Waals surface area contributed by atoms with Gasteiger partial charge < -0.3 is 14.7 Å². The molecule has 26 heavy (non-hydrogen) atoms. The third kappa shape index (κ3) is 4.57. The van der Waals surface area contributed by atoms with Gasteiger partial charge in [0.1, 0.15) is 0 Å². The monoisotopic (exact) mass is 351 g/mol. The van der Waals surface area contributed by atoms with Gasteiger partial charge in [-0.05, 0) is 43.7 Å². The van der Waals surface area contributed by atoms with E-state index in [2.05, 4.69) is 72.2 Å². The molecule has 3 rings (SSSR count). The lowest BCUT2D eigenvalue weighted by Crippen LogP contribution is -2.49. The molecule has 2 aromatic carbocycles. The van der Waals surface area contributed by atoms with Crippen molar-refractivity contribution < 1.29 is 4.79 Å². The smallest absolute Gasteiger partial charge is 0.224 e. The number of benzene rings is 2. The summed E-state index contributed by atoms with van der Waals surface area (Å²) in [5, 5.41) is 0. The van der Waals surface area contributed by atoms with E-state index < -0.39 is 0 Å². The minimum atomic E-state index is 0.267. The minimum absolute atomic E-state index is 0.267. The lowest BCUT2D eigenvalue weighted by Gasteiger charge is -2.36. The summed E-state index contributed by atoms with van der Waals surface area (Å²) in [6, 6.07) is 18.9. The zero-order chi connectivity index (χ0) is 18.4. The van der Waals surface area contributed by atoms with Crippen LogP contribution in [0.5, 0.6) is 0 Å². The summed E-state index contributed by atoms with van der Waals surface area (Å²) in [7, 11) is 0. The summed E-state index contributed by atoms with van der Waals surface area (Å²) in [6.45, 7) is 9.38. The summed E-state index contributed by atoms with van der Waals surface area (Å²) >= 11 is 0. The molecule has 1 fully saturated rings. The molecule has 1 aliphatic rings. The van der Waals surface area contributed by atoms with Gasteiger partial charge in [0.25, 0.3) is 0 Å². The van der Waals surface area contributed by atoms with Gasteiger partial charge in [-0.2, -0.15) is 0 Å². The lowest BCUT2D eigenvalue weighted by molar-refractivity contribution is -0.131. The predicted molar refractivity (Wildman–Crippen MR) is 109 cm³/mol. The highest BCUT2D eigenvalue weighted by atomic mass is 16.2. The molecule has 0 aliphatic carbocycles. The van der Waals surface area contributed by atoms with Crippen molar-refractivity contribution in [3.8, 4) is 0 Å². The van der Waals surface area contributed by atoms with Crippen LogP contribution in [0, 0.1) is 6.92 Å². The van der Waals surface area contributed by atoms with Gasteiger partial charge in [0, 0.05) is 57.1 Å². The van der Waals surface area contributed by atoms with Crippen molar-refractivity contribution in [2.45, 2.75) is 20.3 Å². The molecule has 4 nitrogen and oxygen atoms in total. The van der Waals surface area contributed by atoms with E-state index >= 15 is 0 Å². The Labute approximate surface area is 157 Å². The average Bonchev–Trinajstić information content (AvgIpc) is 2.69. The van der Waals surface area contributed by atoms with Crippen molar-refractivity contribution in [3.63, 3.8) is 0 Å². The van der Waals surface area contributed by atoms with Crippen LogP contribution in [0.4, 0.5) is 11.4 Å². The topological polar surface area (TPSA) is 26.8 Å². The van der Waals surface area contributed by atoms with Crippen LogP contribution in [0.3, 0.4) is 0 Å². The highest BCUT2D eigenvalue weighted by Crippen LogP contribution is 2.18. The van der Waals surface area contributed by atoms with Crippen molar-refractivity contribution in [2.75, 3.05) is 49.1 Å². The number of para-hydroxylation sites is 1. The SMILES string of the molecule is CCN(CCC(=O)N1CCN(c2ccccc2)CC1)c1cccc(C)c1. The largest absolute Gasteiger partial charge is 0.371 e. The number of carbonyl (C=O) groups is 1. The first kappa shape index (κ1) is 18.3. The summed E-state index contributed by atoms with van der Waals surface area (Å²) < 4.78 is 0. The molecule has 1 amide bonds. The Bertz CT molecular complexity index is 708. The number of aryl methyl sites for hydroxylation is 1. The molecule has 0 aromatic heterocycles. The molecule has 1 aliphatic heterocycles. The van der Waals surface area contributed by atoms with Crippen LogP contribution < -0.4 is 9.80 Å². The minimum Gasteiger partial charge on any atom is -0.371 e. The van der Waals surface area contributed by atoms with Crippen molar-refractivity contribution in [1.82, 2.24) is 4.90 Å². The fraction of sp³-hybridized carbons (Fsp3) is 0.409. The van der Waals surface area contributed by atoms with E-state index in [1.54, 1.807) is 0 Å². The summed E-state index contributed by atoms with van der Waals surface area (Å²) in [4.78, 5) is 19.3. The van der Waals surface area contributed by atoms with Crippen LogP contribution in [0.1, 0.15) is 18.9 Å². The van der Waals surface area contributed by atoms with E-state index in [0.29, 0.717) is 6.42 Å². The van der Waals surface area contributed by atoms with Crippen molar-refractivity contribution in [3.05, 3.63) is 60.2 Å². The second-order valence-corrected chi connectivity index (χ2v) is 6.87. The van der Waals surface area contributed by atoms with Crippen molar-refractivity contribution in [1.29, 1.82) is 0 Å². The highest BCUT2D eigenvalue weighted by molar-refractivity contribution is 5.77. The number of rotatable bonds is 6. The molecule has 2 aromatic rings. The van der Waals surface area contributed by atoms with Gasteiger partial charge >= 0.3 is 0 Å². The number of amides is 1. The predicted octanol–water partition coefficient (Wildman–Crippen LogP) is 3.56. The van der Waals surface area contributed by atoms with Gasteiger partial charge in [0.05, 0.1) is 0 Å². The number of hydrogen-bond donors (Lipinski definition) is 0. The number of anilines is 2. The first-order valence-electron chi connectivity index (χ1n) is 9.57. The average molecular weight is 351 g/mol. The van der Waals surface area contributed by atoms with Crippen LogP contribution >= 0.6 is 0 Å². The Morgan fingerprint density at radius 3 is 2.38 bits per heavy atom. The van der Waals surface area contributed by atoms with Gasteiger partial charge in [0.2, 0.25) is 5.91 Å². The highest BCUT2D eigenvalue weighted by Gasteiger charge is 2.21. The molecular formula is C22H29N3O. The van der Waals surface area contributed by atoms with Gasteiger partial charge in [-0.15, -0.1) is 0 Å². The Morgan fingerprint density at radius 1 is 1.00 bits per heavy atom. The second kappa shape index (κ2) is 8.75. The van der Waals surface area contributed by atoms with E-state index in [-0.39, 0.29) is 5.91 Å². The van der Waals surface area contributed by atoms with Crippen LogP contribution in [0.2, 0.25) is 0 Å². The second-order valence-electron chi connectivity index (χ2n) is 6.87. The van der Waals surface area contributed by atoms with Crippen LogP contribution in [0.15, 0.2) is 54.6 Å². The van der Waals surface area contributed by atoms with E-state index in [1.807, 2.05) is 11.0 Å². The standard InChI is InChI=1S/C22H29N3O/c1-3-23(21-11-7-8-19(2)18-21)13-12-22(26)25-16-14-24(15-17-25)20-9-5-4-6-10-20/h4-11,18H,3,12-17H2,1-2H3. The molecule has 0 unspecified atom stereocenters. The number of carbonyl (C=O) groups excluding carboxylic acids is 1. The zero-order valence-electron chi connectivity index (χ0n) is 15.9. The maximum Gasteiger partial charge on any atom is 0.224 e. The molecule has 138 valence electrons. The first-order chi connectivity index (χ1) is 12.7. The molecule has 0 N–H and O–H groups in total. The first-order valence-corrected chi connectivity index (χ1v) is 9.57. The van der Waals surface area contributed by atoms with E-state index in [4.69, 9.17) is 0 Å². The van der Waals surface area contributed by atoms with Crippen molar-refractivity contribution in [2.24, 2.45) is 0 Å². The number of nitrogens with zero attached hydrogens (tertiary/aromatic N) is 3. The molecule has 0 saturated carbocycles. The van der Waals surface area contributed by atoms with E-state index in [9.17, 15) is 4.79 Å². The summed E-state index contributed by atoms with van der Waals surface area (Å²) in [5.74, 6) is 0.267. The Hall–Kier alpha value is -2.49. The normalized spacial score (nSPS) is 14.4. The van der Waals surface area contributed by atoms with Crippen LogP contribution in [-0.4, -0.2) is 50.1 Å². The molecular weight excluding hydrogens is 322 g/mol. The quantitative estimate of drug-likeness (QED) is 0.796. The fourth-order valence-electron chi connectivity index (χ4n) is 3.54. The Morgan fingerprint density at radius 2 is 1.73 bits per heavy atom. The molecule has 4 heteroatoms. The fourth-order valence-corrected chi connectivity index (χ4v) is 3.54. The Kier molecular flexibility index (Phi) is 6.16. The van der Waals surface area contributed by atoms with Crippen LogP contribution in [-0.2, 0) is 4.79 Å². The van der Waals surface area contributed by atoms with Gasteiger partial charge in [-0.3, -0.25) is 4.79 Å². The maximum absolute atomic E-state index is 12.6. The lowest BCUT2D eigenvalue weighted by atomic mass is 10.2.